The van der Waals surface area contributed by atoms with E-state index in [1.165, 1.54) is 10.9 Å². The van der Waals surface area contributed by atoms with E-state index >= 15 is 0 Å². The van der Waals surface area contributed by atoms with Gasteiger partial charge in [0.25, 0.3) is 0 Å². The third kappa shape index (κ3) is 5.49. The maximum Gasteiger partial charge on any atom is 0.303 e. The zero-order valence-electron chi connectivity index (χ0n) is 19.6. The number of aliphatic carboxylic acids is 1. The molecule has 6 nitrogen and oxygen atoms in total. The summed E-state index contributed by atoms with van der Waals surface area (Å²) in [4.78, 5) is 10.7. The van der Waals surface area contributed by atoms with Gasteiger partial charge in [0.15, 0.2) is 11.5 Å². The zero-order valence-corrected chi connectivity index (χ0v) is 19.6. The Bertz CT molecular complexity index is 1340. The van der Waals surface area contributed by atoms with Crippen molar-refractivity contribution in [1.29, 1.82) is 0 Å². The minimum Gasteiger partial charge on any atom is -0.489 e. The van der Waals surface area contributed by atoms with E-state index in [1.54, 1.807) is 0 Å². The number of benzene rings is 4. The lowest BCUT2D eigenvalue weighted by Crippen LogP contribution is -2.15. The van der Waals surface area contributed by atoms with E-state index in [0.29, 0.717) is 6.61 Å². The predicted octanol–water partition coefficient (Wildman–Crippen LogP) is 6.04. The zero-order chi connectivity index (χ0) is 24.0. The van der Waals surface area contributed by atoms with Crippen molar-refractivity contribution in [2.45, 2.75) is 38.8 Å². The van der Waals surface area contributed by atoms with Gasteiger partial charge < -0.3 is 24.6 Å². The number of fused-ring (bicyclic) bond motifs is 4. The van der Waals surface area contributed by atoms with Crippen LogP contribution in [-0.2, 0) is 17.9 Å². The van der Waals surface area contributed by atoms with Crippen molar-refractivity contribution in [3.8, 4) is 17.2 Å². The molecule has 0 amide bonds. The highest BCUT2D eigenvalue weighted by molar-refractivity contribution is 6.10. The fourth-order valence-corrected chi connectivity index (χ4v) is 4.51. The molecule has 0 unspecified atom stereocenters. The lowest BCUT2D eigenvalue weighted by molar-refractivity contribution is -0.137. The summed E-state index contributed by atoms with van der Waals surface area (Å²) in [6.45, 7) is 2.33. The van der Waals surface area contributed by atoms with Crippen molar-refractivity contribution in [3.05, 3.63) is 77.9 Å². The molecular formula is C29H29NO5. The lowest BCUT2D eigenvalue weighted by Gasteiger charge is -2.14. The highest BCUT2D eigenvalue weighted by atomic mass is 16.7. The molecular weight excluding hydrogens is 442 g/mol. The first-order valence-corrected chi connectivity index (χ1v) is 12.1. The van der Waals surface area contributed by atoms with Crippen LogP contribution in [0.4, 0.5) is 0 Å². The Balaban J connectivity index is 1.39. The smallest absolute Gasteiger partial charge is 0.303 e. The number of nitrogens with one attached hydrogen (secondary N) is 1. The molecule has 0 saturated carbocycles. The first-order valence-electron chi connectivity index (χ1n) is 12.1. The van der Waals surface area contributed by atoms with Gasteiger partial charge in [0.2, 0.25) is 6.79 Å². The maximum absolute atomic E-state index is 10.7. The number of carboxylic acid groups (broad SMARTS) is 1. The topological polar surface area (TPSA) is 77.0 Å². The number of hydrogen-bond donors (Lipinski definition) is 2. The van der Waals surface area contributed by atoms with E-state index in [0.717, 1.165) is 71.3 Å². The first kappa shape index (κ1) is 23.0. The molecule has 6 heteroatoms. The third-order valence-electron chi connectivity index (χ3n) is 6.31. The molecule has 1 heterocycles. The van der Waals surface area contributed by atoms with Crippen LogP contribution < -0.4 is 19.5 Å². The normalized spacial score (nSPS) is 12.3. The van der Waals surface area contributed by atoms with Crippen LogP contribution in [0.1, 0.15) is 36.8 Å². The molecule has 2 N–H and O–H groups in total. The number of rotatable bonds is 11. The van der Waals surface area contributed by atoms with E-state index in [1.807, 2.05) is 30.3 Å². The van der Waals surface area contributed by atoms with Crippen LogP contribution in [-0.4, -0.2) is 24.4 Å². The number of hydrogen-bond acceptors (Lipinski definition) is 5. The summed E-state index contributed by atoms with van der Waals surface area (Å²) in [5.41, 5.74) is 2.33. The average Bonchev–Trinajstić information content (AvgIpc) is 3.33. The molecule has 5 rings (SSSR count). The van der Waals surface area contributed by atoms with Crippen LogP contribution in [0.2, 0.25) is 0 Å². The summed E-state index contributed by atoms with van der Waals surface area (Å²) in [5, 5.41) is 16.8. The van der Waals surface area contributed by atoms with Gasteiger partial charge in [-0.15, -0.1) is 0 Å². The second kappa shape index (κ2) is 10.7. The van der Waals surface area contributed by atoms with Crippen molar-refractivity contribution >= 4 is 27.5 Å². The Morgan fingerprint density at radius 2 is 1.71 bits per heavy atom. The van der Waals surface area contributed by atoms with Gasteiger partial charge in [-0.2, -0.15) is 0 Å². The summed E-state index contributed by atoms with van der Waals surface area (Å²) in [6, 6.07) is 22.7. The molecule has 0 atom stereocenters. The Hall–Kier alpha value is -3.77. The molecule has 0 saturated heterocycles. The van der Waals surface area contributed by atoms with Crippen LogP contribution >= 0.6 is 0 Å². The van der Waals surface area contributed by atoms with Gasteiger partial charge in [0.1, 0.15) is 12.4 Å². The standard InChI is InChI=1S/C29H29NO5/c31-29(32)9-5-2-6-12-30-17-22-13-21-14-27-28(35-19-34-27)16-25(21)26-15-23(10-11-24(22)26)33-18-20-7-3-1-4-8-20/h1,3-4,7-8,10-11,13-16,30H,2,5-6,9,12,17-19H2,(H,31,32). The minimum atomic E-state index is -0.728. The fraction of sp³-hybridized carbons (Fsp3) is 0.276. The molecule has 0 fully saturated rings. The van der Waals surface area contributed by atoms with E-state index < -0.39 is 5.97 Å². The summed E-state index contributed by atoms with van der Waals surface area (Å²) in [5.74, 6) is 1.63. The van der Waals surface area contributed by atoms with Crippen molar-refractivity contribution < 1.29 is 24.1 Å². The van der Waals surface area contributed by atoms with Crippen molar-refractivity contribution in [3.63, 3.8) is 0 Å². The van der Waals surface area contributed by atoms with Gasteiger partial charge in [0.05, 0.1) is 0 Å². The molecule has 4 aromatic carbocycles. The summed E-state index contributed by atoms with van der Waals surface area (Å²) in [6.07, 6.45) is 2.81. The van der Waals surface area contributed by atoms with E-state index in [4.69, 9.17) is 19.3 Å². The number of unbranched alkanes of at least 4 members (excludes halogenated alkanes) is 2. The molecule has 0 aromatic heterocycles. The number of carboxylic acids is 1. The molecule has 0 aliphatic carbocycles. The SMILES string of the molecule is O=C(O)CCCCCNCc1cc2cc3c(cc2c2cc(OCc4ccccc4)ccc12)OCO3. The highest BCUT2D eigenvalue weighted by Gasteiger charge is 2.17. The van der Waals surface area contributed by atoms with Crippen LogP contribution in [0.3, 0.4) is 0 Å². The molecule has 0 bridgehead atoms. The highest BCUT2D eigenvalue weighted by Crippen LogP contribution is 2.40. The van der Waals surface area contributed by atoms with Crippen LogP contribution in [0, 0.1) is 0 Å². The van der Waals surface area contributed by atoms with E-state index in [-0.39, 0.29) is 13.2 Å². The maximum atomic E-state index is 10.7. The van der Waals surface area contributed by atoms with Crippen molar-refractivity contribution in [2.75, 3.05) is 13.3 Å². The minimum absolute atomic E-state index is 0.236. The average molecular weight is 472 g/mol. The van der Waals surface area contributed by atoms with Gasteiger partial charge in [0, 0.05) is 13.0 Å². The molecule has 180 valence electrons. The molecule has 35 heavy (non-hydrogen) atoms. The second-order valence-electron chi connectivity index (χ2n) is 8.83. The molecule has 1 aliphatic heterocycles. The molecule has 4 aromatic rings. The summed E-state index contributed by atoms with van der Waals surface area (Å²) < 4.78 is 17.4. The van der Waals surface area contributed by atoms with Crippen LogP contribution in [0.25, 0.3) is 21.5 Å². The first-order chi connectivity index (χ1) is 17.2. The molecule has 0 radical (unpaired) electrons. The Kier molecular flexibility index (Phi) is 7.00. The van der Waals surface area contributed by atoms with Gasteiger partial charge >= 0.3 is 5.97 Å². The number of carbonyl (C=O) groups is 1. The second-order valence-corrected chi connectivity index (χ2v) is 8.83. The Labute approximate surface area is 204 Å². The van der Waals surface area contributed by atoms with Crippen LogP contribution in [0.15, 0.2) is 66.7 Å². The van der Waals surface area contributed by atoms with Crippen molar-refractivity contribution in [2.24, 2.45) is 0 Å². The quantitative estimate of drug-likeness (QED) is 0.205. The molecule has 1 aliphatic rings. The van der Waals surface area contributed by atoms with Gasteiger partial charge in [-0.3, -0.25) is 4.79 Å². The lowest BCUT2D eigenvalue weighted by atomic mass is 9.96. The Morgan fingerprint density at radius 1 is 0.886 bits per heavy atom. The van der Waals surface area contributed by atoms with Crippen LogP contribution in [0.5, 0.6) is 17.2 Å². The molecule has 0 spiro atoms. The summed E-state index contributed by atoms with van der Waals surface area (Å²) >= 11 is 0. The van der Waals surface area contributed by atoms with Gasteiger partial charge in [-0.05, 0) is 82.4 Å². The monoisotopic (exact) mass is 471 g/mol. The predicted molar refractivity (Wildman–Crippen MR) is 136 cm³/mol. The third-order valence-corrected chi connectivity index (χ3v) is 6.31. The van der Waals surface area contributed by atoms with Gasteiger partial charge in [-0.25, -0.2) is 0 Å². The number of ether oxygens (including phenoxy) is 3. The summed E-state index contributed by atoms with van der Waals surface area (Å²) in [7, 11) is 0. The van der Waals surface area contributed by atoms with Crippen molar-refractivity contribution in [1.82, 2.24) is 5.32 Å². The fourth-order valence-electron chi connectivity index (χ4n) is 4.51. The largest absolute Gasteiger partial charge is 0.489 e. The Morgan fingerprint density at radius 3 is 2.54 bits per heavy atom. The van der Waals surface area contributed by atoms with Gasteiger partial charge in [-0.1, -0.05) is 42.8 Å². The van der Waals surface area contributed by atoms with E-state index in [9.17, 15) is 4.79 Å². The van der Waals surface area contributed by atoms with E-state index in [2.05, 4.69) is 41.7 Å².